The molecule has 0 aromatic carbocycles. The third-order valence-corrected chi connectivity index (χ3v) is 2.78. The van der Waals surface area contributed by atoms with E-state index in [-0.39, 0.29) is 11.2 Å². The number of rotatable bonds is 1. The number of aryl methyl sites for hydroxylation is 1. The summed E-state index contributed by atoms with van der Waals surface area (Å²) in [5.41, 5.74) is 1.50. The number of Topliss-reactive ketones (excluding diaryl/α,β-unsaturated/α-hetero) is 1. The van der Waals surface area contributed by atoms with Crippen LogP contribution in [-0.4, -0.2) is 15.6 Å². The van der Waals surface area contributed by atoms with Gasteiger partial charge in [0.1, 0.15) is 5.69 Å². The van der Waals surface area contributed by atoms with Crippen LogP contribution >= 0.6 is 15.9 Å². The van der Waals surface area contributed by atoms with Crippen molar-refractivity contribution in [3.63, 3.8) is 0 Å². The monoisotopic (exact) mass is 258 g/mol. The predicted octanol–water partition coefficient (Wildman–Crippen LogP) is 2.68. The molecule has 1 heterocycles. The highest BCUT2D eigenvalue weighted by atomic mass is 79.9. The van der Waals surface area contributed by atoms with Gasteiger partial charge in [-0.3, -0.25) is 9.48 Å². The number of hydrogen-bond donors (Lipinski definition) is 0. The van der Waals surface area contributed by atoms with Crippen LogP contribution in [-0.2, 0) is 12.5 Å². The Bertz CT molecular complexity index is 374. The van der Waals surface area contributed by atoms with Crippen molar-refractivity contribution in [1.29, 1.82) is 0 Å². The lowest BCUT2D eigenvalue weighted by atomic mass is 9.92. The average molecular weight is 259 g/mol. The highest BCUT2D eigenvalue weighted by Gasteiger charge is 2.25. The molecule has 1 aromatic rings. The van der Waals surface area contributed by atoms with Crippen LogP contribution in [0.5, 0.6) is 0 Å². The Kier molecular flexibility index (Phi) is 2.86. The number of carbonyl (C=O) groups is 1. The Hall–Kier alpha value is -0.640. The Labute approximate surface area is 92.6 Å². The molecule has 0 unspecified atom stereocenters. The number of nitrogens with zero attached hydrogens (tertiary/aromatic N) is 2. The second kappa shape index (κ2) is 3.50. The maximum absolute atomic E-state index is 11.3. The fourth-order valence-electron chi connectivity index (χ4n) is 1.36. The average Bonchev–Trinajstić information content (AvgIpc) is 2.24. The molecule has 0 aliphatic carbocycles. The van der Waals surface area contributed by atoms with E-state index in [2.05, 4.69) is 41.8 Å². The van der Waals surface area contributed by atoms with Crippen molar-refractivity contribution in [3.05, 3.63) is 15.9 Å². The van der Waals surface area contributed by atoms with Crippen molar-refractivity contribution in [2.24, 2.45) is 7.05 Å². The van der Waals surface area contributed by atoms with Crippen molar-refractivity contribution in [3.8, 4) is 0 Å². The normalized spacial score (nSPS) is 11.9. The first-order valence-corrected chi connectivity index (χ1v) is 5.28. The predicted molar refractivity (Wildman–Crippen MR) is 59.6 cm³/mol. The van der Waals surface area contributed by atoms with Gasteiger partial charge in [-0.25, -0.2) is 0 Å². The van der Waals surface area contributed by atoms with E-state index in [0.717, 1.165) is 10.2 Å². The first-order valence-electron chi connectivity index (χ1n) is 4.49. The molecule has 1 aromatic heterocycles. The zero-order valence-electron chi connectivity index (χ0n) is 9.18. The molecule has 1 rings (SSSR count). The van der Waals surface area contributed by atoms with Gasteiger partial charge in [-0.1, -0.05) is 20.8 Å². The Morgan fingerprint density at radius 3 is 2.14 bits per heavy atom. The summed E-state index contributed by atoms with van der Waals surface area (Å²) in [7, 11) is 1.79. The van der Waals surface area contributed by atoms with Gasteiger partial charge in [-0.15, -0.1) is 0 Å². The molecular weight excluding hydrogens is 244 g/mol. The summed E-state index contributed by atoms with van der Waals surface area (Å²) in [6.07, 6.45) is 0. The molecule has 0 fully saturated rings. The van der Waals surface area contributed by atoms with Crippen LogP contribution in [0.1, 0.15) is 43.9 Å². The van der Waals surface area contributed by atoms with Gasteiger partial charge >= 0.3 is 0 Å². The highest BCUT2D eigenvalue weighted by Crippen LogP contribution is 2.31. The molecule has 0 saturated heterocycles. The molecule has 3 nitrogen and oxygen atoms in total. The quantitative estimate of drug-likeness (QED) is 0.727. The number of ketones is 1. The lowest BCUT2D eigenvalue weighted by Gasteiger charge is -2.15. The molecule has 0 saturated carbocycles. The second-order valence-corrected chi connectivity index (χ2v) is 5.23. The van der Waals surface area contributed by atoms with Crippen LogP contribution in [0.25, 0.3) is 0 Å². The minimum atomic E-state index is -0.0513. The van der Waals surface area contributed by atoms with Gasteiger partial charge in [0, 0.05) is 19.4 Å². The summed E-state index contributed by atoms with van der Waals surface area (Å²) in [5, 5.41) is 4.35. The number of aromatic nitrogens is 2. The van der Waals surface area contributed by atoms with Crippen molar-refractivity contribution in [2.75, 3.05) is 0 Å². The van der Waals surface area contributed by atoms with Crippen molar-refractivity contribution in [1.82, 2.24) is 9.78 Å². The Balaban J connectivity index is 3.39. The fraction of sp³-hybridized carbons (Fsp3) is 0.600. The number of halogens is 1. The van der Waals surface area contributed by atoms with Crippen LogP contribution in [0.3, 0.4) is 0 Å². The minimum absolute atomic E-state index is 0.0300. The van der Waals surface area contributed by atoms with E-state index >= 15 is 0 Å². The van der Waals surface area contributed by atoms with Gasteiger partial charge in [0.2, 0.25) is 0 Å². The highest BCUT2D eigenvalue weighted by molar-refractivity contribution is 9.10. The molecule has 0 atom stereocenters. The van der Waals surface area contributed by atoms with Gasteiger partial charge in [-0.05, 0) is 15.9 Å². The molecular formula is C10H15BrN2O. The molecule has 14 heavy (non-hydrogen) atoms. The number of hydrogen-bond acceptors (Lipinski definition) is 2. The summed E-state index contributed by atoms with van der Waals surface area (Å²) in [4.78, 5) is 11.3. The summed E-state index contributed by atoms with van der Waals surface area (Å²) >= 11 is 3.43. The molecule has 78 valence electrons. The van der Waals surface area contributed by atoms with Crippen LogP contribution in [0.15, 0.2) is 4.47 Å². The van der Waals surface area contributed by atoms with E-state index in [4.69, 9.17) is 0 Å². The number of carbonyl (C=O) groups excluding carboxylic acids is 1. The van der Waals surface area contributed by atoms with Gasteiger partial charge < -0.3 is 0 Å². The van der Waals surface area contributed by atoms with E-state index < -0.39 is 0 Å². The summed E-state index contributed by atoms with van der Waals surface area (Å²) < 4.78 is 2.45. The van der Waals surface area contributed by atoms with Crippen molar-refractivity contribution < 1.29 is 4.79 Å². The Morgan fingerprint density at radius 2 is 1.93 bits per heavy atom. The summed E-state index contributed by atoms with van der Waals surface area (Å²) in [6.45, 7) is 7.77. The molecule has 0 aliphatic rings. The van der Waals surface area contributed by atoms with Gasteiger partial charge in [0.05, 0.1) is 10.2 Å². The maximum atomic E-state index is 11.3. The lowest BCUT2D eigenvalue weighted by molar-refractivity contribution is 0.100. The van der Waals surface area contributed by atoms with E-state index in [1.165, 1.54) is 0 Å². The second-order valence-electron chi connectivity index (χ2n) is 4.44. The third kappa shape index (κ3) is 1.90. The topological polar surface area (TPSA) is 34.9 Å². The van der Waals surface area contributed by atoms with E-state index in [0.29, 0.717) is 5.69 Å². The van der Waals surface area contributed by atoms with Gasteiger partial charge in [-0.2, -0.15) is 5.10 Å². The third-order valence-electron chi connectivity index (χ3n) is 2.03. The van der Waals surface area contributed by atoms with E-state index in [1.807, 2.05) is 0 Å². The van der Waals surface area contributed by atoms with Crippen LogP contribution in [0.4, 0.5) is 0 Å². The minimum Gasteiger partial charge on any atom is -0.293 e. The molecule has 0 spiro atoms. The van der Waals surface area contributed by atoms with Crippen molar-refractivity contribution in [2.45, 2.75) is 33.1 Å². The standard InChI is InChI=1S/C10H15BrN2O/c1-6(14)8-7(11)9(10(2,3)4)12-13(8)5/h1-5H3. The van der Waals surface area contributed by atoms with E-state index in [9.17, 15) is 4.79 Å². The van der Waals surface area contributed by atoms with Crippen molar-refractivity contribution >= 4 is 21.7 Å². The molecule has 0 bridgehead atoms. The SMILES string of the molecule is CC(=O)c1c(Br)c(C(C)(C)C)nn1C. The van der Waals surface area contributed by atoms with Crippen LogP contribution in [0, 0.1) is 0 Å². The van der Waals surface area contributed by atoms with Crippen LogP contribution < -0.4 is 0 Å². The lowest BCUT2D eigenvalue weighted by Crippen LogP contribution is -2.13. The van der Waals surface area contributed by atoms with E-state index in [1.54, 1.807) is 18.7 Å². The zero-order chi connectivity index (χ0) is 11.1. The molecule has 0 N–H and O–H groups in total. The first-order chi connectivity index (χ1) is 6.25. The van der Waals surface area contributed by atoms with Crippen LogP contribution in [0.2, 0.25) is 0 Å². The summed E-state index contributed by atoms with van der Waals surface area (Å²) in [6, 6.07) is 0. The molecule has 0 aliphatic heterocycles. The molecule has 0 amide bonds. The molecule has 0 radical (unpaired) electrons. The smallest absolute Gasteiger partial charge is 0.178 e. The largest absolute Gasteiger partial charge is 0.293 e. The maximum Gasteiger partial charge on any atom is 0.178 e. The zero-order valence-corrected chi connectivity index (χ0v) is 10.8. The van der Waals surface area contributed by atoms with Gasteiger partial charge in [0.15, 0.2) is 5.78 Å². The summed E-state index contributed by atoms with van der Waals surface area (Å²) in [5.74, 6) is 0.0300. The van der Waals surface area contributed by atoms with Gasteiger partial charge in [0.25, 0.3) is 0 Å². The Morgan fingerprint density at radius 1 is 1.43 bits per heavy atom. The molecule has 4 heteroatoms. The first kappa shape index (κ1) is 11.4. The fourth-order valence-corrected chi connectivity index (χ4v) is 2.57.